The van der Waals surface area contributed by atoms with Crippen molar-refractivity contribution in [2.45, 2.75) is 72.5 Å². The second-order valence-corrected chi connectivity index (χ2v) is 8.34. The smallest absolute Gasteiger partial charge is 0.460 e. The summed E-state index contributed by atoms with van der Waals surface area (Å²) in [6.07, 6.45) is -15.6. The highest BCUT2D eigenvalue weighted by molar-refractivity contribution is 8.13. The fourth-order valence-corrected chi connectivity index (χ4v) is 2.86. The Morgan fingerprint density at radius 3 is 1.18 bits per heavy atom. The average Bonchev–Trinajstić information content (AvgIpc) is 2.73. The molecule has 0 aromatic carbocycles. The second kappa shape index (κ2) is 10.5. The molecule has 0 fully saturated rings. The summed E-state index contributed by atoms with van der Waals surface area (Å²) in [5.74, 6) is -70.8. The van der Waals surface area contributed by atoms with Gasteiger partial charge in [-0.25, -0.2) is 4.79 Å². The lowest BCUT2D eigenvalue weighted by molar-refractivity contribution is -0.468. The van der Waals surface area contributed by atoms with E-state index in [1.54, 1.807) is 0 Å². The molecule has 0 aliphatic heterocycles. The van der Waals surface area contributed by atoms with Crippen molar-refractivity contribution in [1.82, 2.24) is 0 Å². The molecule has 0 heterocycles. The lowest BCUT2D eigenvalue weighted by Gasteiger charge is -2.43. The van der Waals surface area contributed by atoms with Crippen LogP contribution < -0.4 is 0 Å². The normalized spacial score (nSPS) is 16.3. The third-order valence-corrected chi connectivity index (χ3v) is 5.52. The van der Waals surface area contributed by atoms with Gasteiger partial charge in [-0.2, -0.15) is 83.4 Å². The zero-order valence-electron chi connectivity index (χ0n) is 17.5. The maximum Gasteiger partial charge on any atom is 0.460 e. The molecule has 0 aliphatic carbocycles. The summed E-state index contributed by atoms with van der Waals surface area (Å²) < 4.78 is 250. The lowest BCUT2D eigenvalue weighted by Crippen LogP contribution is -2.75. The minimum atomic E-state index is -9.03. The first-order chi connectivity index (χ1) is 16.7. The minimum Gasteiger partial charge on any atom is -0.479 e. The number of thioether (sulfide) groups is 1. The van der Waals surface area contributed by atoms with Gasteiger partial charge >= 0.3 is 59.5 Å². The van der Waals surface area contributed by atoms with Gasteiger partial charge < -0.3 is 10.2 Å². The van der Waals surface area contributed by atoms with Gasteiger partial charge in [0.2, 0.25) is 0 Å². The van der Waals surface area contributed by atoms with Crippen molar-refractivity contribution in [3.8, 4) is 0 Å². The molecule has 0 rings (SSSR count). The summed E-state index contributed by atoms with van der Waals surface area (Å²) in [7, 11) is 0. The molecule has 0 amide bonds. The number of carbonyl (C=O) groups excluding carboxylic acids is 1. The van der Waals surface area contributed by atoms with Crippen LogP contribution in [0.5, 0.6) is 0 Å². The Bertz CT molecular complexity index is 913. The minimum absolute atomic E-state index is 0.457. The molecule has 0 bridgehead atoms. The van der Waals surface area contributed by atoms with Crippen LogP contribution in [0.4, 0.5) is 83.4 Å². The van der Waals surface area contributed by atoms with Crippen LogP contribution in [0.1, 0.15) is 12.8 Å². The number of hydrogen-bond acceptors (Lipinski definition) is 4. The van der Waals surface area contributed by atoms with E-state index in [-0.39, 0.29) is 0 Å². The first-order valence-corrected chi connectivity index (χ1v) is 9.86. The predicted molar refractivity (Wildman–Crippen MR) is 86.0 cm³/mol. The Hall–Kier alpha value is -1.88. The van der Waals surface area contributed by atoms with Gasteiger partial charge in [0.05, 0.1) is 0 Å². The lowest BCUT2D eigenvalue weighted by atomic mass is 9.86. The SMILES string of the molecule is O=C(CCC(F)(F)C(F)(F)C(F)(F)C(F)(F)C(F)(F)C(F)(F)C(F)(F)C(F)(F)C(F)(F)F)SCC(O)C(=O)O. The Labute approximate surface area is 205 Å². The third-order valence-electron chi connectivity index (χ3n) is 4.51. The standard InChI is InChI=1S/C15H9F19O4S/c16-7(17,2-1-5(36)39-3-4(35)6(37)38)8(18,19)9(20,21)10(22,23)11(24,25)12(26,27)13(28,29)14(30,31)15(32,33)34/h4,35H,1-3H2,(H,37,38). The van der Waals surface area contributed by atoms with Crippen molar-refractivity contribution in [3.63, 3.8) is 0 Å². The highest BCUT2D eigenvalue weighted by Gasteiger charge is 2.96. The number of carbonyl (C=O) groups is 2. The Morgan fingerprint density at radius 2 is 0.872 bits per heavy atom. The van der Waals surface area contributed by atoms with E-state index in [1.807, 2.05) is 0 Å². The van der Waals surface area contributed by atoms with Crippen LogP contribution in [-0.4, -0.2) is 86.7 Å². The molecular formula is C15H9F19O4S. The number of rotatable bonds is 13. The second-order valence-electron chi connectivity index (χ2n) is 7.26. The number of aliphatic hydroxyl groups excluding tert-OH is 1. The summed E-state index contributed by atoms with van der Waals surface area (Å²) in [5, 5.41) is 15.2. The average molecular weight is 646 g/mol. The van der Waals surface area contributed by atoms with E-state index >= 15 is 0 Å². The van der Waals surface area contributed by atoms with Crippen molar-refractivity contribution >= 4 is 22.8 Å². The molecule has 1 unspecified atom stereocenters. The molecule has 0 radical (unpaired) electrons. The first kappa shape index (κ1) is 37.1. The van der Waals surface area contributed by atoms with Crippen LogP contribution in [0.2, 0.25) is 0 Å². The number of alkyl halides is 19. The summed E-state index contributed by atoms with van der Waals surface area (Å²) >= 11 is -0.457. The summed E-state index contributed by atoms with van der Waals surface area (Å²) in [5.41, 5.74) is 0. The molecule has 0 spiro atoms. The van der Waals surface area contributed by atoms with Crippen LogP contribution in [0.25, 0.3) is 0 Å². The van der Waals surface area contributed by atoms with Crippen LogP contribution in [0, 0.1) is 0 Å². The number of aliphatic carboxylic acids is 1. The van der Waals surface area contributed by atoms with Crippen molar-refractivity contribution in [2.24, 2.45) is 0 Å². The Balaban J connectivity index is 6.39. The van der Waals surface area contributed by atoms with E-state index in [9.17, 15) is 93.0 Å². The topological polar surface area (TPSA) is 74.6 Å². The van der Waals surface area contributed by atoms with E-state index in [0.29, 0.717) is 0 Å². The van der Waals surface area contributed by atoms with Gasteiger partial charge in [-0.15, -0.1) is 0 Å². The first-order valence-electron chi connectivity index (χ1n) is 8.88. The quantitative estimate of drug-likeness (QED) is 0.236. The number of aliphatic hydroxyl groups is 1. The van der Waals surface area contributed by atoms with E-state index in [0.717, 1.165) is 0 Å². The van der Waals surface area contributed by atoms with Gasteiger partial charge in [0, 0.05) is 18.6 Å². The maximum absolute atomic E-state index is 13.7. The molecular weight excluding hydrogens is 637 g/mol. The predicted octanol–water partition coefficient (Wildman–Crippen LogP) is 6.12. The molecule has 39 heavy (non-hydrogen) atoms. The van der Waals surface area contributed by atoms with Crippen molar-refractivity contribution in [3.05, 3.63) is 0 Å². The molecule has 0 aliphatic rings. The third kappa shape index (κ3) is 5.80. The van der Waals surface area contributed by atoms with Crippen LogP contribution in [-0.2, 0) is 9.59 Å². The van der Waals surface area contributed by atoms with Gasteiger partial charge in [-0.1, -0.05) is 11.8 Å². The molecule has 4 nitrogen and oxygen atoms in total. The van der Waals surface area contributed by atoms with Gasteiger partial charge in [-0.3, -0.25) is 4.79 Å². The van der Waals surface area contributed by atoms with Crippen molar-refractivity contribution in [1.29, 1.82) is 0 Å². The van der Waals surface area contributed by atoms with E-state index in [4.69, 9.17) is 10.2 Å². The molecule has 0 saturated heterocycles. The summed E-state index contributed by atoms with van der Waals surface area (Å²) in [4.78, 5) is 21.5. The molecule has 1 atom stereocenters. The highest BCUT2D eigenvalue weighted by atomic mass is 32.2. The Morgan fingerprint density at radius 1 is 0.564 bits per heavy atom. The van der Waals surface area contributed by atoms with Gasteiger partial charge in [0.15, 0.2) is 11.2 Å². The van der Waals surface area contributed by atoms with E-state index in [1.165, 1.54) is 0 Å². The monoisotopic (exact) mass is 646 g/mol. The fraction of sp³-hybridized carbons (Fsp3) is 0.867. The molecule has 0 aromatic rings. The number of halogens is 19. The molecule has 0 aromatic heterocycles. The van der Waals surface area contributed by atoms with E-state index < -0.39 is 101 Å². The summed E-state index contributed by atoms with van der Waals surface area (Å²) in [6.45, 7) is 0. The molecule has 24 heteroatoms. The van der Waals surface area contributed by atoms with Crippen LogP contribution in [0.15, 0.2) is 0 Å². The Kier molecular flexibility index (Phi) is 10.00. The van der Waals surface area contributed by atoms with E-state index in [2.05, 4.69) is 0 Å². The van der Waals surface area contributed by atoms with Gasteiger partial charge in [0.25, 0.3) is 0 Å². The zero-order valence-corrected chi connectivity index (χ0v) is 18.3. The molecule has 0 saturated carbocycles. The largest absolute Gasteiger partial charge is 0.479 e. The van der Waals surface area contributed by atoms with Gasteiger partial charge in [-0.05, 0) is 0 Å². The van der Waals surface area contributed by atoms with Crippen LogP contribution in [0.3, 0.4) is 0 Å². The molecule has 2 N–H and O–H groups in total. The zero-order chi connectivity index (χ0) is 32.1. The fourth-order valence-electron chi connectivity index (χ4n) is 2.12. The number of hydrogen-bond donors (Lipinski definition) is 2. The molecule has 232 valence electrons. The number of carboxylic acids is 1. The van der Waals surface area contributed by atoms with Gasteiger partial charge in [0.1, 0.15) is 0 Å². The number of carboxylic acid groups (broad SMARTS) is 1. The highest BCUT2D eigenvalue weighted by Crippen LogP contribution is 2.65. The van der Waals surface area contributed by atoms with Crippen molar-refractivity contribution < 1.29 is 103 Å². The van der Waals surface area contributed by atoms with Crippen LogP contribution >= 0.6 is 11.8 Å². The van der Waals surface area contributed by atoms with Crippen molar-refractivity contribution in [2.75, 3.05) is 5.75 Å². The maximum atomic E-state index is 13.7. The summed E-state index contributed by atoms with van der Waals surface area (Å²) in [6, 6.07) is 0.